The molecule has 108 valence electrons. The van der Waals surface area contributed by atoms with Gasteiger partial charge in [-0.25, -0.2) is 4.98 Å². The highest BCUT2D eigenvalue weighted by Crippen LogP contribution is 2.40. The molecule has 1 aliphatic rings. The number of ether oxygens (including phenoxy) is 1. The molecule has 0 aromatic carbocycles. The molecule has 0 unspecified atom stereocenters. The number of aryl methyl sites for hydroxylation is 1. The maximum absolute atomic E-state index is 6.06. The smallest absolute Gasteiger partial charge is 0.148 e. The number of nitrogen functional groups attached to an aromatic ring is 1. The van der Waals surface area contributed by atoms with Crippen molar-refractivity contribution in [1.82, 2.24) is 9.36 Å². The van der Waals surface area contributed by atoms with E-state index in [1.165, 1.54) is 11.5 Å². The van der Waals surface area contributed by atoms with Crippen molar-refractivity contribution in [2.24, 2.45) is 0 Å². The summed E-state index contributed by atoms with van der Waals surface area (Å²) in [6, 6.07) is 0. The zero-order valence-electron chi connectivity index (χ0n) is 11.8. The summed E-state index contributed by atoms with van der Waals surface area (Å²) in [6.45, 7) is 7.92. The van der Waals surface area contributed by atoms with Gasteiger partial charge in [0.2, 0.25) is 0 Å². The van der Waals surface area contributed by atoms with Gasteiger partial charge in [-0.1, -0.05) is 0 Å². The molecule has 0 aliphatic carbocycles. The summed E-state index contributed by atoms with van der Waals surface area (Å²) in [6.07, 6.45) is 0.430. The predicted molar refractivity (Wildman–Crippen MR) is 84.6 cm³/mol. The van der Waals surface area contributed by atoms with E-state index in [-0.39, 0.29) is 12.2 Å². The molecule has 20 heavy (non-hydrogen) atoms. The van der Waals surface area contributed by atoms with Crippen molar-refractivity contribution in [3.8, 4) is 11.3 Å². The first kappa shape index (κ1) is 13.8. The van der Waals surface area contributed by atoms with E-state index in [2.05, 4.69) is 28.1 Å². The Balaban J connectivity index is 1.98. The van der Waals surface area contributed by atoms with Crippen LogP contribution in [0.1, 0.15) is 18.9 Å². The van der Waals surface area contributed by atoms with Crippen LogP contribution in [0.15, 0.2) is 5.38 Å². The van der Waals surface area contributed by atoms with Crippen LogP contribution >= 0.6 is 22.9 Å². The summed E-state index contributed by atoms with van der Waals surface area (Å²) in [5.41, 5.74) is 7.97. The molecule has 1 saturated heterocycles. The van der Waals surface area contributed by atoms with Crippen molar-refractivity contribution < 1.29 is 4.74 Å². The monoisotopic (exact) mass is 310 g/mol. The van der Waals surface area contributed by atoms with E-state index >= 15 is 0 Å². The number of anilines is 2. The van der Waals surface area contributed by atoms with E-state index in [0.29, 0.717) is 5.82 Å². The van der Waals surface area contributed by atoms with Crippen LogP contribution < -0.4 is 10.6 Å². The third kappa shape index (κ3) is 2.53. The molecule has 3 heterocycles. The van der Waals surface area contributed by atoms with Crippen LogP contribution in [0, 0.1) is 6.92 Å². The summed E-state index contributed by atoms with van der Waals surface area (Å²) in [7, 11) is 0. The zero-order chi connectivity index (χ0) is 14.3. The van der Waals surface area contributed by atoms with Gasteiger partial charge in [0.1, 0.15) is 10.8 Å². The van der Waals surface area contributed by atoms with Gasteiger partial charge in [-0.05, 0) is 32.3 Å². The minimum absolute atomic E-state index is 0.215. The highest BCUT2D eigenvalue weighted by molar-refractivity contribution is 7.11. The van der Waals surface area contributed by atoms with E-state index in [1.807, 2.05) is 12.3 Å². The maximum atomic E-state index is 6.06. The molecule has 2 atom stereocenters. The summed E-state index contributed by atoms with van der Waals surface area (Å²) in [5.74, 6) is 0.571. The van der Waals surface area contributed by atoms with Crippen molar-refractivity contribution in [2.45, 2.75) is 33.0 Å². The van der Waals surface area contributed by atoms with E-state index in [4.69, 9.17) is 10.5 Å². The first-order valence-electron chi connectivity index (χ1n) is 6.62. The first-order valence-corrected chi connectivity index (χ1v) is 8.28. The number of aromatic nitrogens is 2. The molecule has 2 aromatic heterocycles. The van der Waals surface area contributed by atoms with Gasteiger partial charge < -0.3 is 15.4 Å². The molecule has 0 radical (unpaired) electrons. The van der Waals surface area contributed by atoms with E-state index in [0.717, 1.165) is 34.4 Å². The van der Waals surface area contributed by atoms with Gasteiger partial charge in [0.25, 0.3) is 0 Å². The van der Waals surface area contributed by atoms with Crippen molar-refractivity contribution in [2.75, 3.05) is 23.7 Å². The fourth-order valence-corrected chi connectivity index (χ4v) is 4.02. The van der Waals surface area contributed by atoms with Gasteiger partial charge in [0.05, 0.1) is 28.5 Å². The molecule has 2 N–H and O–H groups in total. The molecule has 0 bridgehead atoms. The number of nitrogens with zero attached hydrogens (tertiary/aromatic N) is 3. The number of hydrogen-bond acceptors (Lipinski definition) is 7. The Hall–Kier alpha value is -1.18. The van der Waals surface area contributed by atoms with Crippen LogP contribution in [0.3, 0.4) is 0 Å². The van der Waals surface area contributed by atoms with Crippen LogP contribution in [0.2, 0.25) is 0 Å². The number of thiazole rings is 1. The molecule has 2 aromatic rings. The SMILES string of the molecule is Cc1nc(-c2c(N)nsc2N2C[C@@H](C)O[C@@H](C)C2)cs1. The average Bonchev–Trinajstić information content (AvgIpc) is 2.94. The fourth-order valence-electron chi connectivity index (χ4n) is 2.57. The third-order valence-corrected chi connectivity index (χ3v) is 4.98. The van der Waals surface area contributed by atoms with Crippen LogP contribution in [0.25, 0.3) is 11.3 Å². The molecule has 5 nitrogen and oxygen atoms in total. The lowest BCUT2D eigenvalue weighted by molar-refractivity contribution is -0.00497. The number of nitrogens with two attached hydrogens (primary N) is 1. The highest BCUT2D eigenvalue weighted by Gasteiger charge is 2.27. The Morgan fingerprint density at radius 3 is 2.65 bits per heavy atom. The van der Waals surface area contributed by atoms with Crippen LogP contribution in [-0.2, 0) is 4.74 Å². The second kappa shape index (κ2) is 5.31. The first-order chi connectivity index (χ1) is 9.54. The average molecular weight is 310 g/mol. The predicted octanol–water partition coefficient (Wildman–Crippen LogP) is 2.77. The molecule has 3 rings (SSSR count). The topological polar surface area (TPSA) is 64.3 Å². The second-order valence-electron chi connectivity index (χ2n) is 5.16. The van der Waals surface area contributed by atoms with Gasteiger partial charge in [-0.2, -0.15) is 4.37 Å². The van der Waals surface area contributed by atoms with Crippen molar-refractivity contribution in [1.29, 1.82) is 0 Å². The quantitative estimate of drug-likeness (QED) is 0.924. The molecule has 1 aliphatic heterocycles. The Labute approximate surface area is 126 Å². The Bertz CT molecular complexity index is 599. The Morgan fingerprint density at radius 1 is 1.35 bits per heavy atom. The normalized spacial score (nSPS) is 23.2. The molecule has 1 fully saturated rings. The third-order valence-electron chi connectivity index (χ3n) is 3.28. The lowest BCUT2D eigenvalue weighted by Crippen LogP contribution is -2.45. The molecule has 7 heteroatoms. The van der Waals surface area contributed by atoms with Crippen molar-refractivity contribution in [3.63, 3.8) is 0 Å². The minimum atomic E-state index is 0.215. The number of hydrogen-bond donors (Lipinski definition) is 1. The number of morpholine rings is 1. The lowest BCUT2D eigenvalue weighted by atomic mass is 10.2. The van der Waals surface area contributed by atoms with Crippen LogP contribution in [0.4, 0.5) is 10.8 Å². The minimum Gasteiger partial charge on any atom is -0.382 e. The molecule has 0 spiro atoms. The molecule has 0 saturated carbocycles. The zero-order valence-corrected chi connectivity index (χ0v) is 13.4. The standard InChI is InChI=1S/C13H18N4OS2/c1-7-4-17(5-8(2)18-7)13-11(12(14)16-20-13)10-6-19-9(3)15-10/h6-8H,4-5H2,1-3H3,(H2,14,16)/t7-,8+. The Morgan fingerprint density at radius 2 is 2.05 bits per heavy atom. The van der Waals surface area contributed by atoms with Gasteiger partial charge >= 0.3 is 0 Å². The number of rotatable bonds is 2. The molecular weight excluding hydrogens is 292 g/mol. The summed E-state index contributed by atoms with van der Waals surface area (Å²) >= 11 is 3.09. The largest absolute Gasteiger partial charge is 0.382 e. The molecule has 0 amide bonds. The highest BCUT2D eigenvalue weighted by atomic mass is 32.1. The Kier molecular flexibility index (Phi) is 3.66. The lowest BCUT2D eigenvalue weighted by Gasteiger charge is -2.36. The van der Waals surface area contributed by atoms with E-state index < -0.39 is 0 Å². The van der Waals surface area contributed by atoms with E-state index in [9.17, 15) is 0 Å². The van der Waals surface area contributed by atoms with Gasteiger partial charge in [-0.15, -0.1) is 11.3 Å². The summed E-state index contributed by atoms with van der Waals surface area (Å²) < 4.78 is 10.1. The van der Waals surface area contributed by atoms with Crippen molar-refractivity contribution >= 4 is 33.7 Å². The van der Waals surface area contributed by atoms with Gasteiger partial charge in [0, 0.05) is 18.5 Å². The summed E-state index contributed by atoms with van der Waals surface area (Å²) in [4.78, 5) is 6.87. The fraction of sp³-hybridized carbons (Fsp3) is 0.538. The molecular formula is C13H18N4OS2. The van der Waals surface area contributed by atoms with E-state index in [1.54, 1.807) is 11.3 Å². The van der Waals surface area contributed by atoms with Crippen molar-refractivity contribution in [3.05, 3.63) is 10.4 Å². The van der Waals surface area contributed by atoms with Crippen LogP contribution in [-0.4, -0.2) is 34.7 Å². The van der Waals surface area contributed by atoms with Crippen LogP contribution in [0.5, 0.6) is 0 Å². The second-order valence-corrected chi connectivity index (χ2v) is 6.98. The maximum Gasteiger partial charge on any atom is 0.148 e. The van der Waals surface area contributed by atoms with Gasteiger partial charge in [0.15, 0.2) is 0 Å². The summed E-state index contributed by atoms with van der Waals surface area (Å²) in [5, 5.41) is 4.20. The van der Waals surface area contributed by atoms with Gasteiger partial charge in [-0.3, -0.25) is 0 Å².